The van der Waals surface area contributed by atoms with E-state index in [1.54, 1.807) is 55.9 Å². The van der Waals surface area contributed by atoms with Crippen molar-refractivity contribution >= 4 is 27.5 Å². The Hall–Kier alpha value is -1.86. The van der Waals surface area contributed by atoms with Crippen LogP contribution in [0.15, 0.2) is 53.4 Å². The average Bonchev–Trinajstić information content (AvgIpc) is 2.95. The van der Waals surface area contributed by atoms with Gasteiger partial charge in [-0.1, -0.05) is 30.3 Å². The standard InChI is InChI=1S/C22H26FNO3S2/c1-16(2)29(26,27)18-9-7-17(8-10-18)15-22(25)24-12-11-21(28-14-13-24)19-5-3-4-6-20(19)23/h3-10,16,21H,11-15H2,1-2H3/t21-/m1/s1. The highest BCUT2D eigenvalue weighted by atomic mass is 32.2. The monoisotopic (exact) mass is 435 g/mol. The van der Waals surface area contributed by atoms with Crippen molar-refractivity contribution < 1.29 is 17.6 Å². The Bertz CT molecular complexity index is 958. The average molecular weight is 436 g/mol. The van der Waals surface area contributed by atoms with Crippen LogP contribution in [-0.2, 0) is 21.1 Å². The van der Waals surface area contributed by atoms with Gasteiger partial charge in [-0.05, 0) is 44.0 Å². The summed E-state index contributed by atoms with van der Waals surface area (Å²) in [6.07, 6.45) is 0.944. The van der Waals surface area contributed by atoms with Gasteiger partial charge in [0.05, 0.1) is 16.6 Å². The van der Waals surface area contributed by atoms with E-state index in [0.29, 0.717) is 25.1 Å². The summed E-state index contributed by atoms with van der Waals surface area (Å²) in [7, 11) is -3.31. The van der Waals surface area contributed by atoms with Gasteiger partial charge in [-0.2, -0.15) is 11.8 Å². The first-order valence-electron chi connectivity index (χ1n) is 9.75. The quantitative estimate of drug-likeness (QED) is 0.704. The fourth-order valence-corrected chi connectivity index (χ4v) is 5.67. The van der Waals surface area contributed by atoms with Crippen LogP contribution < -0.4 is 0 Å². The van der Waals surface area contributed by atoms with E-state index in [0.717, 1.165) is 11.3 Å². The van der Waals surface area contributed by atoms with E-state index in [9.17, 15) is 17.6 Å². The maximum atomic E-state index is 14.1. The second kappa shape index (κ2) is 9.30. The maximum Gasteiger partial charge on any atom is 0.227 e. The zero-order valence-electron chi connectivity index (χ0n) is 16.7. The lowest BCUT2D eigenvalue weighted by atomic mass is 10.1. The number of hydrogen-bond acceptors (Lipinski definition) is 4. The molecule has 2 aromatic rings. The molecule has 3 rings (SSSR count). The van der Waals surface area contributed by atoms with Crippen molar-refractivity contribution in [3.63, 3.8) is 0 Å². The van der Waals surface area contributed by atoms with Crippen LogP contribution >= 0.6 is 11.8 Å². The molecular weight excluding hydrogens is 409 g/mol. The van der Waals surface area contributed by atoms with Crippen molar-refractivity contribution in [3.05, 3.63) is 65.5 Å². The summed E-state index contributed by atoms with van der Waals surface area (Å²) in [5.74, 6) is 0.580. The smallest absolute Gasteiger partial charge is 0.227 e. The summed E-state index contributed by atoms with van der Waals surface area (Å²) in [4.78, 5) is 14.9. The third kappa shape index (κ3) is 5.20. The minimum Gasteiger partial charge on any atom is -0.342 e. The molecule has 0 radical (unpaired) electrons. The molecule has 0 aromatic heterocycles. The second-order valence-corrected chi connectivity index (χ2v) is 11.3. The first-order valence-corrected chi connectivity index (χ1v) is 12.3. The van der Waals surface area contributed by atoms with Crippen LogP contribution in [-0.4, -0.2) is 43.3 Å². The summed E-state index contributed by atoms with van der Waals surface area (Å²) in [5.41, 5.74) is 1.49. The SMILES string of the molecule is CC(C)S(=O)(=O)c1ccc(CC(=O)N2CCS[C@@H](c3ccccc3F)CC2)cc1. The third-order valence-electron chi connectivity index (χ3n) is 5.17. The Morgan fingerprint density at radius 2 is 1.83 bits per heavy atom. The molecule has 1 atom stereocenters. The van der Waals surface area contributed by atoms with Crippen molar-refractivity contribution in [1.82, 2.24) is 4.90 Å². The normalized spacial score (nSPS) is 17.9. The summed E-state index contributed by atoms with van der Waals surface area (Å²) in [5, 5.41) is -0.429. The van der Waals surface area contributed by atoms with Gasteiger partial charge in [0, 0.05) is 29.7 Å². The third-order valence-corrected chi connectivity index (χ3v) is 8.65. The van der Waals surface area contributed by atoms with E-state index >= 15 is 0 Å². The number of nitrogens with zero attached hydrogens (tertiary/aromatic N) is 1. The predicted octanol–water partition coefficient (Wildman–Crippen LogP) is 4.26. The van der Waals surface area contributed by atoms with Gasteiger partial charge < -0.3 is 4.90 Å². The number of rotatable bonds is 5. The number of carbonyl (C=O) groups excluding carboxylic acids is 1. The number of halogens is 1. The lowest BCUT2D eigenvalue weighted by molar-refractivity contribution is -0.130. The molecule has 1 amide bonds. The van der Waals surface area contributed by atoms with Crippen molar-refractivity contribution in [2.75, 3.05) is 18.8 Å². The van der Waals surface area contributed by atoms with Gasteiger partial charge in [0.2, 0.25) is 5.91 Å². The molecule has 1 aliphatic rings. The zero-order chi connectivity index (χ0) is 21.0. The Labute approximate surface area is 176 Å². The van der Waals surface area contributed by atoms with Crippen molar-refractivity contribution in [3.8, 4) is 0 Å². The summed E-state index contributed by atoms with van der Waals surface area (Å²) < 4.78 is 38.5. The van der Waals surface area contributed by atoms with Gasteiger partial charge in [0.15, 0.2) is 9.84 Å². The van der Waals surface area contributed by atoms with Gasteiger partial charge >= 0.3 is 0 Å². The number of thioether (sulfide) groups is 1. The molecule has 0 N–H and O–H groups in total. The van der Waals surface area contributed by atoms with Crippen molar-refractivity contribution in [2.45, 2.75) is 42.1 Å². The van der Waals surface area contributed by atoms with Gasteiger partial charge in [0.1, 0.15) is 5.82 Å². The number of carbonyl (C=O) groups is 1. The zero-order valence-corrected chi connectivity index (χ0v) is 18.3. The van der Waals surface area contributed by atoms with Gasteiger partial charge in [-0.25, -0.2) is 12.8 Å². The second-order valence-electron chi connectivity index (χ2n) is 7.46. The van der Waals surface area contributed by atoms with E-state index < -0.39 is 15.1 Å². The van der Waals surface area contributed by atoms with E-state index in [1.807, 2.05) is 17.0 Å². The lowest BCUT2D eigenvalue weighted by Gasteiger charge is -2.20. The number of sulfone groups is 1. The molecule has 1 fully saturated rings. The highest BCUT2D eigenvalue weighted by Gasteiger charge is 2.24. The molecule has 0 aliphatic carbocycles. The molecule has 156 valence electrons. The minimum atomic E-state index is -3.31. The van der Waals surface area contributed by atoms with Crippen LogP contribution in [0.3, 0.4) is 0 Å². The van der Waals surface area contributed by atoms with E-state index in [-0.39, 0.29) is 28.3 Å². The number of benzene rings is 2. The molecule has 2 aromatic carbocycles. The first-order chi connectivity index (χ1) is 13.8. The number of hydrogen-bond donors (Lipinski definition) is 0. The maximum absolute atomic E-state index is 14.1. The van der Waals surface area contributed by atoms with Gasteiger partial charge in [-0.3, -0.25) is 4.79 Å². The van der Waals surface area contributed by atoms with E-state index in [4.69, 9.17) is 0 Å². The molecule has 1 heterocycles. The molecule has 0 unspecified atom stereocenters. The predicted molar refractivity (Wildman–Crippen MR) is 115 cm³/mol. The fourth-order valence-electron chi connectivity index (χ4n) is 3.36. The van der Waals surface area contributed by atoms with Crippen molar-refractivity contribution in [1.29, 1.82) is 0 Å². The Kier molecular flexibility index (Phi) is 7.01. The summed E-state index contributed by atoms with van der Waals surface area (Å²) in [6.45, 7) is 4.52. The summed E-state index contributed by atoms with van der Waals surface area (Å²) in [6, 6.07) is 13.4. The largest absolute Gasteiger partial charge is 0.342 e. The Morgan fingerprint density at radius 1 is 1.14 bits per heavy atom. The molecule has 0 spiro atoms. The van der Waals surface area contributed by atoms with Crippen molar-refractivity contribution in [2.24, 2.45) is 0 Å². The van der Waals surface area contributed by atoms with Crippen LogP contribution in [0.25, 0.3) is 0 Å². The van der Waals surface area contributed by atoms with Crippen LogP contribution in [0, 0.1) is 5.82 Å². The molecule has 1 aliphatic heterocycles. The van der Waals surface area contributed by atoms with Gasteiger partial charge in [-0.15, -0.1) is 0 Å². The molecule has 4 nitrogen and oxygen atoms in total. The van der Waals surface area contributed by atoms with E-state index in [1.165, 1.54) is 6.07 Å². The molecule has 0 saturated carbocycles. The highest BCUT2D eigenvalue weighted by molar-refractivity contribution is 7.99. The van der Waals surface area contributed by atoms with Crippen LogP contribution in [0.2, 0.25) is 0 Å². The fraction of sp³-hybridized carbons (Fsp3) is 0.409. The molecule has 29 heavy (non-hydrogen) atoms. The molecular formula is C22H26FNO3S2. The van der Waals surface area contributed by atoms with Crippen LogP contribution in [0.5, 0.6) is 0 Å². The van der Waals surface area contributed by atoms with Crippen LogP contribution in [0.4, 0.5) is 4.39 Å². The minimum absolute atomic E-state index is 0.0132. The highest BCUT2D eigenvalue weighted by Crippen LogP contribution is 2.35. The topological polar surface area (TPSA) is 54.5 Å². The Balaban J connectivity index is 1.62. The summed E-state index contributed by atoms with van der Waals surface area (Å²) >= 11 is 1.69. The molecule has 0 bridgehead atoms. The van der Waals surface area contributed by atoms with Crippen LogP contribution in [0.1, 0.15) is 36.6 Å². The Morgan fingerprint density at radius 3 is 2.48 bits per heavy atom. The number of amides is 1. The molecule has 1 saturated heterocycles. The van der Waals surface area contributed by atoms with E-state index in [2.05, 4.69) is 0 Å². The molecule has 7 heteroatoms. The lowest BCUT2D eigenvalue weighted by Crippen LogP contribution is -2.34. The first kappa shape index (κ1) is 21.8. The van der Waals surface area contributed by atoms with Gasteiger partial charge in [0.25, 0.3) is 0 Å².